The Kier molecular flexibility index (Phi) is 4.85. The molecule has 0 spiro atoms. The second-order valence-corrected chi connectivity index (χ2v) is 3.94. The average Bonchev–Trinajstić information content (AvgIpc) is 2.58. The molecule has 0 aliphatic heterocycles. The van der Waals surface area contributed by atoms with Crippen LogP contribution in [0.3, 0.4) is 0 Å². The van der Waals surface area contributed by atoms with E-state index in [9.17, 15) is 0 Å². The summed E-state index contributed by atoms with van der Waals surface area (Å²) in [5.41, 5.74) is 6.88. The molecular formula is C12H19N3O2. The monoisotopic (exact) mass is 237 g/mol. The highest BCUT2D eigenvalue weighted by Crippen LogP contribution is 2.27. The van der Waals surface area contributed by atoms with Gasteiger partial charge in [0.15, 0.2) is 0 Å². The third kappa shape index (κ3) is 3.14. The third-order valence-electron chi connectivity index (χ3n) is 2.35. The first-order chi connectivity index (χ1) is 8.13. The van der Waals surface area contributed by atoms with Crippen LogP contribution in [0.5, 0.6) is 5.88 Å². The summed E-state index contributed by atoms with van der Waals surface area (Å²) in [5, 5.41) is 9.01. The van der Waals surface area contributed by atoms with Gasteiger partial charge in [-0.15, -0.1) is 0 Å². The van der Waals surface area contributed by atoms with E-state index in [1.165, 1.54) is 0 Å². The van der Waals surface area contributed by atoms with Gasteiger partial charge < -0.3 is 19.8 Å². The summed E-state index contributed by atoms with van der Waals surface area (Å²) in [6.07, 6.45) is 0.817. The van der Waals surface area contributed by atoms with Gasteiger partial charge in [-0.25, -0.2) is 0 Å². The molecule has 0 aromatic carbocycles. The zero-order valence-electron chi connectivity index (χ0n) is 10.6. The molecule has 94 valence electrons. The zero-order valence-corrected chi connectivity index (χ0v) is 10.6. The maximum Gasteiger partial charge on any atom is 0.218 e. The predicted octanol–water partition coefficient (Wildman–Crippen LogP) is 1.77. The van der Waals surface area contributed by atoms with E-state index in [-0.39, 0.29) is 6.10 Å². The van der Waals surface area contributed by atoms with Crippen LogP contribution in [0, 0.1) is 11.3 Å². The van der Waals surface area contributed by atoms with Gasteiger partial charge in [-0.05, 0) is 13.3 Å². The molecule has 0 amide bonds. The van der Waals surface area contributed by atoms with Crippen LogP contribution < -0.4 is 10.5 Å². The summed E-state index contributed by atoms with van der Waals surface area (Å²) < 4.78 is 12.5. The average molecular weight is 237 g/mol. The largest absolute Gasteiger partial charge is 0.472 e. The van der Waals surface area contributed by atoms with Gasteiger partial charge in [-0.3, -0.25) is 0 Å². The van der Waals surface area contributed by atoms with Gasteiger partial charge in [0, 0.05) is 19.7 Å². The molecule has 5 nitrogen and oxygen atoms in total. The topological polar surface area (TPSA) is 73.2 Å². The summed E-state index contributed by atoms with van der Waals surface area (Å²) in [5.74, 6) is 0.563. The van der Waals surface area contributed by atoms with E-state index in [0.717, 1.165) is 13.0 Å². The van der Waals surface area contributed by atoms with Crippen LogP contribution in [-0.2, 0) is 11.3 Å². The summed E-state index contributed by atoms with van der Waals surface area (Å²) in [6, 6.07) is 3.76. The molecule has 0 bridgehead atoms. The molecule has 1 aromatic heterocycles. The number of aromatic nitrogens is 1. The van der Waals surface area contributed by atoms with Crippen LogP contribution in [0.4, 0.5) is 5.69 Å². The molecule has 1 aromatic rings. The fourth-order valence-electron chi connectivity index (χ4n) is 1.68. The molecule has 1 rings (SSSR count). The van der Waals surface area contributed by atoms with E-state index in [1.54, 1.807) is 13.2 Å². The second kappa shape index (κ2) is 6.16. The minimum absolute atomic E-state index is 0.0978. The van der Waals surface area contributed by atoms with E-state index < -0.39 is 0 Å². The Morgan fingerprint density at radius 3 is 2.82 bits per heavy atom. The van der Waals surface area contributed by atoms with Crippen LogP contribution in [0.25, 0.3) is 0 Å². The maximum absolute atomic E-state index is 9.01. The minimum Gasteiger partial charge on any atom is -0.472 e. The van der Waals surface area contributed by atoms with Crippen molar-refractivity contribution in [1.29, 1.82) is 5.26 Å². The quantitative estimate of drug-likeness (QED) is 0.818. The molecule has 0 fully saturated rings. The number of hydrogen-bond acceptors (Lipinski definition) is 4. The Labute approximate surface area is 102 Å². The first kappa shape index (κ1) is 13.4. The van der Waals surface area contributed by atoms with Gasteiger partial charge >= 0.3 is 0 Å². The van der Waals surface area contributed by atoms with Crippen molar-refractivity contribution in [3.63, 3.8) is 0 Å². The lowest BCUT2D eigenvalue weighted by Gasteiger charge is -2.16. The standard InChI is InChI=1S/C12H19N3O2/c1-4-5-15-10(7-13)6-11(14)12(15)17-9(2)8-16-3/h6,9H,4-5,8,14H2,1-3H3. The Bertz CT molecular complexity index is 407. The summed E-state index contributed by atoms with van der Waals surface area (Å²) in [6.45, 7) is 5.14. The highest BCUT2D eigenvalue weighted by molar-refractivity contribution is 5.55. The Hall–Kier alpha value is -1.67. The molecule has 17 heavy (non-hydrogen) atoms. The number of nitriles is 1. The van der Waals surface area contributed by atoms with E-state index in [2.05, 4.69) is 6.07 Å². The van der Waals surface area contributed by atoms with Crippen molar-refractivity contribution in [2.24, 2.45) is 0 Å². The van der Waals surface area contributed by atoms with E-state index >= 15 is 0 Å². The number of hydrogen-bond donors (Lipinski definition) is 1. The van der Waals surface area contributed by atoms with Gasteiger partial charge in [-0.2, -0.15) is 5.26 Å². The molecule has 5 heteroatoms. The zero-order chi connectivity index (χ0) is 12.8. The van der Waals surface area contributed by atoms with E-state index in [4.69, 9.17) is 20.5 Å². The number of rotatable bonds is 6. The van der Waals surface area contributed by atoms with Crippen LogP contribution in [0.15, 0.2) is 6.07 Å². The van der Waals surface area contributed by atoms with Crippen molar-refractivity contribution < 1.29 is 9.47 Å². The molecular weight excluding hydrogens is 218 g/mol. The smallest absolute Gasteiger partial charge is 0.218 e. The summed E-state index contributed by atoms with van der Waals surface area (Å²) in [4.78, 5) is 0. The SMILES string of the molecule is CCCn1c(C#N)cc(N)c1OC(C)COC. The Morgan fingerprint density at radius 1 is 1.59 bits per heavy atom. The lowest BCUT2D eigenvalue weighted by Crippen LogP contribution is -2.20. The number of methoxy groups -OCH3 is 1. The number of nitrogens with two attached hydrogens (primary N) is 1. The molecule has 2 N–H and O–H groups in total. The van der Waals surface area contributed by atoms with Gasteiger partial charge in [0.1, 0.15) is 17.9 Å². The molecule has 0 saturated heterocycles. The first-order valence-corrected chi connectivity index (χ1v) is 5.68. The van der Waals surface area contributed by atoms with Crippen molar-refractivity contribution in [1.82, 2.24) is 4.57 Å². The fraction of sp³-hybridized carbons (Fsp3) is 0.583. The van der Waals surface area contributed by atoms with Crippen LogP contribution >= 0.6 is 0 Å². The van der Waals surface area contributed by atoms with Gasteiger partial charge in [0.05, 0.1) is 12.3 Å². The Morgan fingerprint density at radius 2 is 2.29 bits per heavy atom. The van der Waals surface area contributed by atoms with Gasteiger partial charge in [0.2, 0.25) is 5.88 Å². The third-order valence-corrected chi connectivity index (χ3v) is 2.35. The summed E-state index contributed by atoms with van der Waals surface area (Å²) >= 11 is 0. The van der Waals surface area contributed by atoms with Gasteiger partial charge in [0.25, 0.3) is 0 Å². The number of nitrogen functional groups attached to an aromatic ring is 1. The van der Waals surface area contributed by atoms with Crippen molar-refractivity contribution in [3.8, 4) is 11.9 Å². The predicted molar refractivity (Wildman–Crippen MR) is 65.8 cm³/mol. The highest BCUT2D eigenvalue weighted by atomic mass is 16.5. The van der Waals surface area contributed by atoms with Gasteiger partial charge in [-0.1, -0.05) is 6.92 Å². The maximum atomic E-state index is 9.01. The molecule has 0 saturated carbocycles. The fourth-order valence-corrected chi connectivity index (χ4v) is 1.68. The number of anilines is 1. The normalized spacial score (nSPS) is 12.1. The van der Waals surface area contributed by atoms with Crippen molar-refractivity contribution >= 4 is 5.69 Å². The molecule has 1 atom stereocenters. The minimum atomic E-state index is -0.0978. The lowest BCUT2D eigenvalue weighted by atomic mass is 10.4. The van der Waals surface area contributed by atoms with Crippen molar-refractivity contribution in [2.75, 3.05) is 19.5 Å². The van der Waals surface area contributed by atoms with Crippen molar-refractivity contribution in [3.05, 3.63) is 11.8 Å². The van der Waals surface area contributed by atoms with Crippen LogP contribution in [0.1, 0.15) is 26.0 Å². The molecule has 0 aliphatic carbocycles. The van der Waals surface area contributed by atoms with Crippen LogP contribution in [-0.4, -0.2) is 24.4 Å². The lowest BCUT2D eigenvalue weighted by molar-refractivity contribution is 0.0865. The first-order valence-electron chi connectivity index (χ1n) is 5.68. The van der Waals surface area contributed by atoms with E-state index in [1.807, 2.05) is 18.4 Å². The number of nitrogens with zero attached hydrogens (tertiary/aromatic N) is 2. The molecule has 0 aliphatic rings. The number of ether oxygens (including phenoxy) is 2. The molecule has 1 heterocycles. The summed E-state index contributed by atoms with van der Waals surface area (Å²) in [7, 11) is 1.62. The van der Waals surface area contributed by atoms with E-state index in [0.29, 0.717) is 23.9 Å². The van der Waals surface area contributed by atoms with Crippen molar-refractivity contribution in [2.45, 2.75) is 32.9 Å². The molecule has 0 radical (unpaired) electrons. The highest BCUT2D eigenvalue weighted by Gasteiger charge is 2.16. The molecule has 1 unspecified atom stereocenters. The second-order valence-electron chi connectivity index (χ2n) is 3.94. The Balaban J connectivity index is 2.96. The van der Waals surface area contributed by atoms with Crippen LogP contribution in [0.2, 0.25) is 0 Å².